The number of benzene rings is 3. The number of aromatic nitrogens is 4. The number of anilines is 2. The Balaban J connectivity index is 1.39. The average Bonchev–Trinajstić information content (AvgIpc) is 3.24. The fourth-order valence-electron chi connectivity index (χ4n) is 3.73. The van der Waals surface area contributed by atoms with E-state index in [1.54, 1.807) is 24.3 Å². The minimum Gasteiger partial charge on any atom is -0.457 e. The van der Waals surface area contributed by atoms with Gasteiger partial charge in [-0.25, -0.2) is 14.6 Å². The number of hydrogen-bond acceptors (Lipinski definition) is 6. The van der Waals surface area contributed by atoms with E-state index in [1.807, 2.05) is 30.3 Å². The van der Waals surface area contributed by atoms with Gasteiger partial charge in [-0.1, -0.05) is 18.2 Å². The molecule has 3 N–H and O–H groups in total. The lowest BCUT2D eigenvalue weighted by Gasteiger charge is -2.09. The minimum atomic E-state index is -4.46. The Morgan fingerprint density at radius 3 is 2.27 bits per heavy atom. The number of para-hydroxylation sites is 1. The van der Waals surface area contributed by atoms with Crippen molar-refractivity contribution in [3.63, 3.8) is 0 Å². The Kier molecular flexibility index (Phi) is 6.18. The van der Waals surface area contributed by atoms with Crippen molar-refractivity contribution < 1.29 is 22.7 Å². The maximum absolute atomic E-state index is 12.8. The van der Waals surface area contributed by atoms with Gasteiger partial charge in [0.2, 0.25) is 5.91 Å². The molecule has 0 saturated carbocycles. The van der Waals surface area contributed by atoms with Gasteiger partial charge in [0.1, 0.15) is 35.9 Å². The summed E-state index contributed by atoms with van der Waals surface area (Å²) in [5.74, 6) is 1.01. The number of nitrogens with zero attached hydrogens (tertiary/aromatic N) is 4. The third kappa shape index (κ3) is 5.20. The zero-order chi connectivity index (χ0) is 26.0. The predicted molar refractivity (Wildman–Crippen MR) is 132 cm³/mol. The van der Waals surface area contributed by atoms with Crippen LogP contribution >= 0.6 is 0 Å². The molecule has 5 rings (SSSR count). The van der Waals surface area contributed by atoms with Crippen molar-refractivity contribution in [2.24, 2.45) is 0 Å². The summed E-state index contributed by atoms with van der Waals surface area (Å²) < 4.78 is 45.6. The van der Waals surface area contributed by atoms with Crippen LogP contribution in [-0.4, -0.2) is 25.7 Å². The molecule has 2 heterocycles. The molecule has 186 valence electrons. The molecule has 0 unspecified atom stereocenters. The normalized spacial score (nSPS) is 11.4. The molecule has 0 atom stereocenters. The maximum Gasteiger partial charge on any atom is 0.416 e. The smallest absolute Gasteiger partial charge is 0.416 e. The molecule has 0 fully saturated rings. The summed E-state index contributed by atoms with van der Waals surface area (Å²) in [6.45, 7) is -0.247. The molecule has 0 aliphatic carbocycles. The second-order valence-corrected chi connectivity index (χ2v) is 8.03. The van der Waals surface area contributed by atoms with Crippen LogP contribution < -0.4 is 15.8 Å². The first-order valence-corrected chi connectivity index (χ1v) is 11.1. The molecular weight excluding hydrogens is 485 g/mol. The van der Waals surface area contributed by atoms with Crippen molar-refractivity contribution in [1.82, 2.24) is 19.7 Å². The van der Waals surface area contributed by atoms with Gasteiger partial charge < -0.3 is 15.8 Å². The van der Waals surface area contributed by atoms with Crippen LogP contribution in [0, 0.1) is 0 Å². The lowest BCUT2D eigenvalue weighted by molar-refractivity contribution is -0.137. The zero-order valence-electron chi connectivity index (χ0n) is 19.1. The largest absolute Gasteiger partial charge is 0.457 e. The summed E-state index contributed by atoms with van der Waals surface area (Å²) in [6.07, 6.45) is -3.19. The lowest BCUT2D eigenvalue weighted by atomic mass is 10.1. The van der Waals surface area contributed by atoms with Crippen molar-refractivity contribution in [2.75, 3.05) is 11.1 Å². The van der Waals surface area contributed by atoms with Gasteiger partial charge in [-0.2, -0.15) is 18.3 Å². The number of hydrogen-bond donors (Lipinski definition) is 2. The summed E-state index contributed by atoms with van der Waals surface area (Å²) in [4.78, 5) is 21.0. The van der Waals surface area contributed by atoms with Gasteiger partial charge in [0.25, 0.3) is 0 Å². The van der Waals surface area contributed by atoms with Crippen LogP contribution in [0.3, 0.4) is 0 Å². The highest BCUT2D eigenvalue weighted by Crippen LogP contribution is 2.32. The van der Waals surface area contributed by atoms with Gasteiger partial charge in [0.15, 0.2) is 5.65 Å². The molecule has 0 aliphatic heterocycles. The van der Waals surface area contributed by atoms with Crippen LogP contribution in [0.15, 0.2) is 85.2 Å². The number of alkyl halides is 3. The Morgan fingerprint density at radius 2 is 1.59 bits per heavy atom. The molecule has 3 aromatic carbocycles. The second-order valence-electron chi connectivity index (χ2n) is 8.03. The Bertz CT molecular complexity index is 1550. The summed E-state index contributed by atoms with van der Waals surface area (Å²) in [5, 5.41) is 7.59. The Hall–Kier alpha value is -4.93. The molecule has 37 heavy (non-hydrogen) atoms. The van der Waals surface area contributed by atoms with Crippen LogP contribution in [0.5, 0.6) is 11.5 Å². The monoisotopic (exact) mass is 504 g/mol. The number of nitrogen functional groups attached to an aromatic ring is 1. The highest BCUT2D eigenvalue weighted by molar-refractivity contribution is 5.99. The van der Waals surface area contributed by atoms with E-state index in [9.17, 15) is 18.0 Å². The molecule has 8 nitrogen and oxygen atoms in total. The third-order valence-electron chi connectivity index (χ3n) is 5.45. The first kappa shape index (κ1) is 23.8. The fraction of sp³-hybridized carbons (Fsp3) is 0.0769. The zero-order valence-corrected chi connectivity index (χ0v) is 19.1. The molecule has 0 saturated heterocycles. The van der Waals surface area contributed by atoms with Crippen LogP contribution in [0.4, 0.5) is 24.7 Å². The van der Waals surface area contributed by atoms with Gasteiger partial charge in [-0.3, -0.25) is 4.79 Å². The van der Waals surface area contributed by atoms with Gasteiger partial charge in [-0.05, 0) is 60.7 Å². The highest BCUT2D eigenvalue weighted by atomic mass is 19.4. The number of carbonyl (C=O) groups is 1. The number of nitrogens with one attached hydrogen (secondary N) is 1. The topological polar surface area (TPSA) is 108 Å². The Labute approximate surface area is 208 Å². The number of ether oxygens (including phenoxy) is 1. The predicted octanol–water partition coefficient (Wildman–Crippen LogP) is 5.53. The van der Waals surface area contributed by atoms with Crippen molar-refractivity contribution in [2.45, 2.75) is 12.7 Å². The van der Waals surface area contributed by atoms with Crippen LogP contribution in [0.2, 0.25) is 0 Å². The molecule has 0 bridgehead atoms. The summed E-state index contributed by atoms with van der Waals surface area (Å²) >= 11 is 0. The first-order chi connectivity index (χ1) is 17.8. The lowest BCUT2D eigenvalue weighted by Crippen LogP contribution is -2.20. The summed E-state index contributed by atoms with van der Waals surface area (Å²) in [5.41, 5.74) is 7.06. The fourth-order valence-corrected chi connectivity index (χ4v) is 3.73. The standard InChI is InChI=1S/C26H19F3N6O2/c27-26(28,29)17-8-10-18(11-9-17)33-21(36)14-35-25-22(24(30)31-15-32-25)23(34-35)16-6-12-20(13-7-16)37-19-4-2-1-3-5-19/h1-13,15H,14H2,(H,33,36)(H2,30,31,32). The molecule has 5 aromatic rings. The van der Waals surface area contributed by atoms with E-state index in [0.717, 1.165) is 12.1 Å². The second kappa shape index (κ2) is 9.61. The Morgan fingerprint density at radius 1 is 0.919 bits per heavy atom. The van der Waals surface area contributed by atoms with Gasteiger partial charge in [0.05, 0.1) is 10.9 Å². The molecule has 11 heteroatoms. The van der Waals surface area contributed by atoms with Crippen molar-refractivity contribution >= 4 is 28.4 Å². The third-order valence-corrected chi connectivity index (χ3v) is 5.45. The van der Waals surface area contributed by atoms with Gasteiger partial charge >= 0.3 is 6.18 Å². The summed E-state index contributed by atoms with van der Waals surface area (Å²) in [7, 11) is 0. The number of amides is 1. The van der Waals surface area contributed by atoms with Crippen molar-refractivity contribution in [1.29, 1.82) is 0 Å². The minimum absolute atomic E-state index is 0.194. The van der Waals surface area contributed by atoms with Crippen LogP contribution in [-0.2, 0) is 17.5 Å². The van der Waals surface area contributed by atoms with Gasteiger partial charge in [-0.15, -0.1) is 0 Å². The molecule has 1 amide bonds. The van der Waals surface area contributed by atoms with E-state index >= 15 is 0 Å². The van der Waals surface area contributed by atoms with Crippen LogP contribution in [0.25, 0.3) is 22.3 Å². The van der Waals surface area contributed by atoms with Crippen LogP contribution in [0.1, 0.15) is 5.56 Å². The molecular formula is C26H19F3N6O2. The number of halogens is 3. The van der Waals surface area contributed by atoms with E-state index < -0.39 is 17.6 Å². The van der Waals surface area contributed by atoms with E-state index in [-0.39, 0.29) is 18.1 Å². The number of nitrogens with two attached hydrogens (primary N) is 1. The number of carbonyl (C=O) groups excluding carboxylic acids is 1. The SMILES string of the molecule is Nc1ncnc2c1c(-c1ccc(Oc3ccccc3)cc1)nn2CC(=O)Nc1ccc(C(F)(F)F)cc1. The number of rotatable bonds is 6. The van der Waals surface area contributed by atoms with E-state index in [2.05, 4.69) is 20.4 Å². The molecule has 2 aromatic heterocycles. The average molecular weight is 504 g/mol. The van der Waals surface area contributed by atoms with E-state index in [4.69, 9.17) is 10.5 Å². The van der Waals surface area contributed by atoms with E-state index in [1.165, 1.54) is 23.1 Å². The van der Waals surface area contributed by atoms with Gasteiger partial charge in [0, 0.05) is 11.3 Å². The summed E-state index contributed by atoms with van der Waals surface area (Å²) in [6, 6.07) is 20.7. The van der Waals surface area contributed by atoms with Crippen molar-refractivity contribution in [3.05, 3.63) is 90.8 Å². The maximum atomic E-state index is 12.8. The molecule has 0 aliphatic rings. The molecule has 0 radical (unpaired) electrons. The number of fused-ring (bicyclic) bond motifs is 1. The highest BCUT2D eigenvalue weighted by Gasteiger charge is 2.30. The van der Waals surface area contributed by atoms with E-state index in [0.29, 0.717) is 33.8 Å². The van der Waals surface area contributed by atoms with Crippen molar-refractivity contribution in [3.8, 4) is 22.8 Å². The molecule has 0 spiro atoms. The first-order valence-electron chi connectivity index (χ1n) is 11.1. The quantitative estimate of drug-likeness (QED) is 0.315.